The van der Waals surface area contributed by atoms with Crippen LogP contribution in [0.5, 0.6) is 0 Å². The van der Waals surface area contributed by atoms with Crippen LogP contribution in [-0.4, -0.2) is 56.6 Å². The van der Waals surface area contributed by atoms with Crippen LogP contribution < -0.4 is 5.32 Å². The molecule has 1 atom stereocenters. The smallest absolute Gasteiger partial charge is 0.0472 e. The van der Waals surface area contributed by atoms with E-state index in [1.54, 1.807) is 0 Å². The number of nitrogens with one attached hydrogen (secondary N) is 1. The average Bonchev–Trinajstić information content (AvgIpc) is 2.40. The van der Waals surface area contributed by atoms with E-state index in [0.717, 1.165) is 32.7 Å². The molecule has 0 bridgehead atoms. The fraction of sp³-hybridized carbons (Fsp3) is 0.625. The molecule has 1 aliphatic heterocycles. The van der Waals surface area contributed by atoms with Crippen molar-refractivity contribution in [3.05, 3.63) is 34.9 Å². The Hall–Kier alpha value is -0.900. The molecular formula is C16H27N3. The molecule has 1 unspecified atom stereocenters. The summed E-state index contributed by atoms with van der Waals surface area (Å²) in [5, 5.41) is 3.42. The summed E-state index contributed by atoms with van der Waals surface area (Å²) >= 11 is 0. The van der Waals surface area contributed by atoms with Crippen molar-refractivity contribution < 1.29 is 0 Å². The van der Waals surface area contributed by atoms with E-state index in [4.69, 9.17) is 0 Å². The van der Waals surface area contributed by atoms with Gasteiger partial charge in [0.15, 0.2) is 0 Å². The number of likely N-dealkylation sites (N-methyl/N-ethyl adjacent to an activating group) is 1. The van der Waals surface area contributed by atoms with Crippen molar-refractivity contribution >= 4 is 0 Å². The van der Waals surface area contributed by atoms with Crippen molar-refractivity contribution in [3.63, 3.8) is 0 Å². The van der Waals surface area contributed by atoms with Gasteiger partial charge in [-0.1, -0.05) is 23.8 Å². The summed E-state index contributed by atoms with van der Waals surface area (Å²) in [6.07, 6.45) is 0. The average molecular weight is 261 g/mol. The van der Waals surface area contributed by atoms with E-state index in [9.17, 15) is 0 Å². The Labute approximate surface area is 117 Å². The monoisotopic (exact) mass is 261 g/mol. The number of hydrogen-bond donors (Lipinski definition) is 1. The molecule has 3 nitrogen and oxygen atoms in total. The van der Waals surface area contributed by atoms with Gasteiger partial charge >= 0.3 is 0 Å². The van der Waals surface area contributed by atoms with E-state index in [-0.39, 0.29) is 0 Å². The molecule has 0 aliphatic carbocycles. The lowest BCUT2D eigenvalue weighted by atomic mass is 9.97. The minimum Gasteiger partial charge on any atom is -0.314 e. The number of rotatable bonds is 4. The van der Waals surface area contributed by atoms with Crippen LogP contribution in [0.1, 0.15) is 22.7 Å². The van der Waals surface area contributed by atoms with Crippen molar-refractivity contribution in [1.82, 2.24) is 15.1 Å². The van der Waals surface area contributed by atoms with Gasteiger partial charge in [-0.15, -0.1) is 0 Å². The molecular weight excluding hydrogens is 234 g/mol. The summed E-state index contributed by atoms with van der Waals surface area (Å²) in [4.78, 5) is 4.92. The highest BCUT2D eigenvalue weighted by Gasteiger charge is 2.21. The van der Waals surface area contributed by atoms with E-state index in [1.807, 2.05) is 0 Å². The van der Waals surface area contributed by atoms with Crippen molar-refractivity contribution in [2.75, 3.05) is 46.8 Å². The topological polar surface area (TPSA) is 18.5 Å². The Morgan fingerprint density at radius 1 is 1.21 bits per heavy atom. The van der Waals surface area contributed by atoms with Gasteiger partial charge in [-0.05, 0) is 39.1 Å². The zero-order chi connectivity index (χ0) is 13.8. The third kappa shape index (κ3) is 3.78. The van der Waals surface area contributed by atoms with Crippen molar-refractivity contribution in [1.29, 1.82) is 0 Å². The summed E-state index contributed by atoms with van der Waals surface area (Å²) < 4.78 is 0. The fourth-order valence-electron chi connectivity index (χ4n) is 2.80. The summed E-state index contributed by atoms with van der Waals surface area (Å²) in [5.41, 5.74) is 4.23. The van der Waals surface area contributed by atoms with E-state index in [0.29, 0.717) is 6.04 Å². The molecule has 19 heavy (non-hydrogen) atoms. The summed E-state index contributed by atoms with van der Waals surface area (Å²) in [6.45, 7) is 10.1. The second-order valence-corrected chi connectivity index (χ2v) is 5.89. The summed E-state index contributed by atoms with van der Waals surface area (Å²) in [6, 6.07) is 7.29. The van der Waals surface area contributed by atoms with Gasteiger partial charge < -0.3 is 10.2 Å². The molecule has 1 aromatic rings. The molecule has 1 saturated heterocycles. The lowest BCUT2D eigenvalue weighted by Crippen LogP contribution is -2.46. The first-order valence-corrected chi connectivity index (χ1v) is 7.24. The highest BCUT2D eigenvalue weighted by molar-refractivity contribution is 5.33. The molecule has 1 heterocycles. The Morgan fingerprint density at radius 3 is 2.53 bits per heavy atom. The minimum atomic E-state index is 0.484. The Balaban J connectivity index is 2.16. The van der Waals surface area contributed by atoms with Crippen LogP contribution in [0.3, 0.4) is 0 Å². The van der Waals surface area contributed by atoms with Gasteiger partial charge in [-0.2, -0.15) is 0 Å². The van der Waals surface area contributed by atoms with Gasteiger partial charge in [0.2, 0.25) is 0 Å². The van der Waals surface area contributed by atoms with Crippen molar-refractivity contribution in [3.8, 4) is 0 Å². The van der Waals surface area contributed by atoms with Gasteiger partial charge in [0.05, 0.1) is 0 Å². The van der Waals surface area contributed by atoms with E-state index in [2.05, 4.69) is 61.3 Å². The number of hydrogen-bond acceptors (Lipinski definition) is 3. The van der Waals surface area contributed by atoms with Gasteiger partial charge in [-0.25, -0.2) is 0 Å². The van der Waals surface area contributed by atoms with E-state index in [1.165, 1.54) is 16.7 Å². The number of benzene rings is 1. The first-order chi connectivity index (χ1) is 9.08. The third-order valence-electron chi connectivity index (χ3n) is 4.06. The lowest BCUT2D eigenvalue weighted by molar-refractivity contribution is 0.168. The number of aryl methyl sites for hydroxylation is 2. The van der Waals surface area contributed by atoms with E-state index >= 15 is 0 Å². The van der Waals surface area contributed by atoms with Gasteiger partial charge in [0, 0.05) is 38.8 Å². The Bertz CT molecular complexity index is 408. The van der Waals surface area contributed by atoms with Crippen LogP contribution in [0.25, 0.3) is 0 Å². The normalized spacial score (nSPS) is 18.8. The van der Waals surface area contributed by atoms with Crippen LogP contribution in [0.15, 0.2) is 18.2 Å². The van der Waals surface area contributed by atoms with Gasteiger partial charge in [0.1, 0.15) is 0 Å². The first kappa shape index (κ1) is 14.5. The van der Waals surface area contributed by atoms with Crippen LogP contribution in [0, 0.1) is 13.8 Å². The molecule has 0 amide bonds. The zero-order valence-electron chi connectivity index (χ0n) is 12.7. The second-order valence-electron chi connectivity index (χ2n) is 5.89. The zero-order valence-corrected chi connectivity index (χ0v) is 12.7. The van der Waals surface area contributed by atoms with Crippen LogP contribution in [0.4, 0.5) is 0 Å². The molecule has 3 heteroatoms. The standard InChI is InChI=1S/C16H27N3/c1-13-5-6-14(2)15(11-13)16(18(3)4)12-19-9-7-17-8-10-19/h5-6,11,16-17H,7-10,12H2,1-4H3. The molecule has 1 aliphatic rings. The minimum absolute atomic E-state index is 0.484. The van der Waals surface area contributed by atoms with Gasteiger partial charge in [0.25, 0.3) is 0 Å². The molecule has 1 fully saturated rings. The molecule has 1 N–H and O–H groups in total. The third-order valence-corrected chi connectivity index (χ3v) is 4.06. The largest absolute Gasteiger partial charge is 0.314 e. The molecule has 0 saturated carbocycles. The molecule has 0 radical (unpaired) electrons. The second kappa shape index (κ2) is 6.51. The number of piperazine rings is 1. The van der Waals surface area contributed by atoms with Crippen molar-refractivity contribution in [2.45, 2.75) is 19.9 Å². The highest BCUT2D eigenvalue weighted by Crippen LogP contribution is 2.24. The van der Waals surface area contributed by atoms with Gasteiger partial charge in [-0.3, -0.25) is 4.90 Å². The first-order valence-electron chi connectivity index (χ1n) is 7.24. The Morgan fingerprint density at radius 2 is 1.89 bits per heavy atom. The van der Waals surface area contributed by atoms with Crippen LogP contribution in [0.2, 0.25) is 0 Å². The van der Waals surface area contributed by atoms with Crippen LogP contribution >= 0.6 is 0 Å². The quantitative estimate of drug-likeness (QED) is 0.892. The van der Waals surface area contributed by atoms with Crippen LogP contribution in [-0.2, 0) is 0 Å². The maximum atomic E-state index is 3.42. The molecule has 0 aromatic heterocycles. The maximum absolute atomic E-state index is 3.42. The van der Waals surface area contributed by atoms with Crippen molar-refractivity contribution in [2.24, 2.45) is 0 Å². The predicted octanol–water partition coefficient (Wildman–Crippen LogP) is 1.81. The Kier molecular flexibility index (Phi) is 4.97. The maximum Gasteiger partial charge on any atom is 0.0472 e. The lowest BCUT2D eigenvalue weighted by Gasteiger charge is -2.34. The summed E-state index contributed by atoms with van der Waals surface area (Å²) in [7, 11) is 4.38. The molecule has 106 valence electrons. The fourth-order valence-corrected chi connectivity index (χ4v) is 2.80. The highest BCUT2D eigenvalue weighted by atomic mass is 15.2. The summed E-state index contributed by atoms with van der Waals surface area (Å²) in [5.74, 6) is 0. The van der Waals surface area contributed by atoms with E-state index < -0.39 is 0 Å². The number of nitrogens with zero attached hydrogens (tertiary/aromatic N) is 2. The molecule has 1 aromatic carbocycles. The molecule has 0 spiro atoms. The SMILES string of the molecule is Cc1ccc(C)c(C(CN2CCNCC2)N(C)C)c1. The predicted molar refractivity (Wildman–Crippen MR) is 81.7 cm³/mol. The molecule has 2 rings (SSSR count).